The second-order valence-corrected chi connectivity index (χ2v) is 10.1. The molecule has 0 amide bonds. The van der Waals surface area contributed by atoms with Gasteiger partial charge in [-0.1, -0.05) is 107 Å². The Morgan fingerprint density at radius 1 is 0.583 bits per heavy atom. The molecule has 172 valence electrons. The topological polar surface area (TPSA) is 33.4 Å². The molecule has 1 unspecified atom stereocenters. The fourth-order valence-corrected chi connectivity index (χ4v) is 5.91. The summed E-state index contributed by atoms with van der Waals surface area (Å²) >= 11 is 3.61. The van der Waals surface area contributed by atoms with Gasteiger partial charge in [0.05, 0.1) is 0 Å². The molecule has 0 spiro atoms. The van der Waals surface area contributed by atoms with E-state index in [1.165, 1.54) is 0 Å². The number of aliphatic hydroxyl groups is 1. The third-order valence-corrected chi connectivity index (χ3v) is 7.69. The maximum absolute atomic E-state index is 12.8. The number of hydrogen-bond donors (Lipinski definition) is 1. The zero-order chi connectivity index (χ0) is 24.3. The number of fused-ring (bicyclic) bond motifs is 5. The minimum absolute atomic E-state index is 0.844. The van der Waals surface area contributed by atoms with Gasteiger partial charge in [-0.2, -0.15) is 0 Å². The zero-order valence-electron chi connectivity index (χ0n) is 19.3. The molecule has 36 heavy (non-hydrogen) atoms. The summed E-state index contributed by atoms with van der Waals surface area (Å²) in [5, 5.41) is 15.0. The zero-order valence-corrected chi connectivity index (χ0v) is 20.9. The first-order valence-electron chi connectivity index (χ1n) is 11.9. The molecular weight excluding hydrogens is 508 g/mol. The molecule has 2 nitrogen and oxygen atoms in total. The van der Waals surface area contributed by atoms with E-state index in [4.69, 9.17) is 4.42 Å². The fourth-order valence-electron chi connectivity index (χ4n) is 5.53. The van der Waals surface area contributed by atoms with Crippen molar-refractivity contribution in [1.29, 1.82) is 0 Å². The van der Waals surface area contributed by atoms with Crippen LogP contribution in [-0.4, -0.2) is 5.11 Å². The van der Waals surface area contributed by atoms with Crippen LogP contribution >= 0.6 is 15.9 Å². The van der Waals surface area contributed by atoms with E-state index in [9.17, 15) is 5.11 Å². The molecule has 6 aromatic rings. The van der Waals surface area contributed by atoms with Crippen molar-refractivity contribution in [2.75, 3.05) is 0 Å². The molecule has 1 aliphatic rings. The maximum Gasteiger partial charge on any atom is 0.142 e. The maximum atomic E-state index is 12.8. The summed E-state index contributed by atoms with van der Waals surface area (Å²) < 4.78 is 7.04. The van der Waals surface area contributed by atoms with Crippen LogP contribution in [0.4, 0.5) is 0 Å². The average molecular weight is 529 g/mol. The second kappa shape index (κ2) is 8.06. The summed E-state index contributed by atoms with van der Waals surface area (Å²) in [7, 11) is 0. The van der Waals surface area contributed by atoms with Crippen molar-refractivity contribution in [2.24, 2.45) is 0 Å². The third-order valence-electron chi connectivity index (χ3n) is 7.20. The van der Waals surface area contributed by atoms with Gasteiger partial charge in [0.2, 0.25) is 0 Å². The van der Waals surface area contributed by atoms with Gasteiger partial charge >= 0.3 is 0 Å². The van der Waals surface area contributed by atoms with Crippen molar-refractivity contribution < 1.29 is 9.52 Å². The predicted octanol–water partition coefficient (Wildman–Crippen LogP) is 8.78. The first-order valence-corrected chi connectivity index (χ1v) is 12.7. The van der Waals surface area contributed by atoms with E-state index in [-0.39, 0.29) is 0 Å². The number of para-hydroxylation sites is 1. The molecule has 0 aliphatic heterocycles. The molecule has 1 atom stereocenters. The lowest BCUT2D eigenvalue weighted by Crippen LogP contribution is -2.31. The van der Waals surface area contributed by atoms with Gasteiger partial charge in [-0.15, -0.1) is 0 Å². The molecule has 3 heteroatoms. The Kier molecular flexibility index (Phi) is 4.78. The molecule has 0 saturated carbocycles. The molecule has 7 rings (SSSR count). The van der Waals surface area contributed by atoms with E-state index in [0.717, 1.165) is 65.4 Å². The van der Waals surface area contributed by atoms with Gasteiger partial charge in [0.1, 0.15) is 16.8 Å². The highest BCUT2D eigenvalue weighted by Crippen LogP contribution is 2.47. The summed E-state index contributed by atoms with van der Waals surface area (Å²) in [5.41, 5.74) is 6.95. The number of halogens is 1. The lowest BCUT2D eigenvalue weighted by atomic mass is 9.75. The molecular formula is C33H21BrO2. The Bertz CT molecular complexity index is 1830. The summed E-state index contributed by atoms with van der Waals surface area (Å²) in [4.78, 5) is 0. The van der Waals surface area contributed by atoms with Crippen LogP contribution < -0.4 is 0 Å². The Balaban J connectivity index is 1.53. The van der Waals surface area contributed by atoms with Crippen LogP contribution in [0.25, 0.3) is 45.2 Å². The molecule has 1 aromatic heterocycles. The monoisotopic (exact) mass is 528 g/mol. The van der Waals surface area contributed by atoms with E-state index < -0.39 is 5.60 Å². The normalized spacial score (nSPS) is 16.6. The lowest BCUT2D eigenvalue weighted by Gasteiger charge is -2.33. The summed E-state index contributed by atoms with van der Waals surface area (Å²) in [6.07, 6.45) is 4.17. The molecule has 1 heterocycles. The van der Waals surface area contributed by atoms with E-state index in [0.29, 0.717) is 0 Å². The largest absolute Gasteiger partial charge is 0.456 e. The van der Waals surface area contributed by atoms with Crippen LogP contribution in [0, 0.1) is 0 Å². The average Bonchev–Trinajstić information content (AvgIpc) is 3.24. The first-order chi connectivity index (χ1) is 17.6. The highest BCUT2D eigenvalue weighted by Gasteiger charge is 2.39. The number of rotatable bonds is 2. The van der Waals surface area contributed by atoms with Crippen molar-refractivity contribution in [1.82, 2.24) is 0 Å². The number of furan rings is 1. The Morgan fingerprint density at radius 2 is 1.28 bits per heavy atom. The van der Waals surface area contributed by atoms with Gasteiger partial charge in [-0.25, -0.2) is 0 Å². The minimum atomic E-state index is -1.35. The van der Waals surface area contributed by atoms with Crippen LogP contribution in [0.15, 0.2) is 118 Å². The van der Waals surface area contributed by atoms with Crippen molar-refractivity contribution in [3.63, 3.8) is 0 Å². The highest BCUT2D eigenvalue weighted by atomic mass is 79.9. The third kappa shape index (κ3) is 3.13. The molecule has 1 N–H and O–H groups in total. The minimum Gasteiger partial charge on any atom is -0.456 e. The van der Waals surface area contributed by atoms with Crippen molar-refractivity contribution in [3.05, 3.63) is 141 Å². The molecule has 0 saturated heterocycles. The van der Waals surface area contributed by atoms with Crippen molar-refractivity contribution in [3.8, 4) is 11.1 Å². The van der Waals surface area contributed by atoms with Gasteiger partial charge in [0, 0.05) is 20.8 Å². The Labute approximate surface area is 217 Å². The van der Waals surface area contributed by atoms with Crippen LogP contribution in [0.3, 0.4) is 0 Å². The fraction of sp³-hybridized carbons (Fsp3) is 0.0303. The van der Waals surface area contributed by atoms with Gasteiger partial charge in [0.25, 0.3) is 0 Å². The summed E-state index contributed by atoms with van der Waals surface area (Å²) in [6, 6.07) is 36.7. The van der Waals surface area contributed by atoms with E-state index in [2.05, 4.69) is 64.5 Å². The standard InChI is InChI=1S/C33H21BrO2/c34-24-16-17-29-23(19-24)14-13-21-7-1-4-10-28(21)33(29,35)30-11-5-2-8-25(30)22-15-18-32-27(20-22)26-9-3-6-12-31(26)36-32/h1-20,35H. The summed E-state index contributed by atoms with van der Waals surface area (Å²) in [5.74, 6) is 0. The molecule has 1 aliphatic carbocycles. The van der Waals surface area contributed by atoms with Gasteiger partial charge in [-0.05, 0) is 63.7 Å². The lowest BCUT2D eigenvalue weighted by molar-refractivity contribution is 0.126. The molecule has 0 radical (unpaired) electrons. The van der Waals surface area contributed by atoms with Crippen LogP contribution in [0.5, 0.6) is 0 Å². The van der Waals surface area contributed by atoms with Crippen LogP contribution in [0.2, 0.25) is 0 Å². The first kappa shape index (κ1) is 21.4. The Hall–Kier alpha value is -3.92. The van der Waals surface area contributed by atoms with E-state index >= 15 is 0 Å². The summed E-state index contributed by atoms with van der Waals surface area (Å²) in [6.45, 7) is 0. The highest BCUT2D eigenvalue weighted by molar-refractivity contribution is 9.10. The van der Waals surface area contributed by atoms with Gasteiger partial charge in [-0.3, -0.25) is 0 Å². The Morgan fingerprint density at radius 3 is 2.19 bits per heavy atom. The van der Waals surface area contributed by atoms with E-state index in [1.54, 1.807) is 0 Å². The van der Waals surface area contributed by atoms with Crippen LogP contribution in [0.1, 0.15) is 27.8 Å². The van der Waals surface area contributed by atoms with Gasteiger partial charge < -0.3 is 9.52 Å². The quantitative estimate of drug-likeness (QED) is 0.243. The number of hydrogen-bond acceptors (Lipinski definition) is 2. The number of benzene rings is 5. The second-order valence-electron chi connectivity index (χ2n) is 9.22. The molecule has 0 bridgehead atoms. The van der Waals surface area contributed by atoms with Gasteiger partial charge in [0.15, 0.2) is 0 Å². The molecule has 0 fully saturated rings. The van der Waals surface area contributed by atoms with Crippen LogP contribution in [-0.2, 0) is 5.60 Å². The van der Waals surface area contributed by atoms with E-state index in [1.807, 2.05) is 72.8 Å². The predicted molar refractivity (Wildman–Crippen MR) is 151 cm³/mol. The SMILES string of the molecule is OC1(c2ccccc2-c2ccc3oc4ccccc4c3c2)c2ccccc2C=Cc2cc(Br)ccc21. The smallest absolute Gasteiger partial charge is 0.142 e. The van der Waals surface area contributed by atoms with Crippen molar-refractivity contribution in [2.45, 2.75) is 5.60 Å². The van der Waals surface area contributed by atoms with Crippen molar-refractivity contribution >= 4 is 50.0 Å². The molecule has 5 aromatic carbocycles.